The van der Waals surface area contributed by atoms with Gasteiger partial charge in [-0.25, -0.2) is 0 Å². The second-order valence-electron chi connectivity index (χ2n) is 2.09. The van der Waals surface area contributed by atoms with E-state index in [0.29, 0.717) is 0 Å². The molecule has 9 heavy (non-hydrogen) atoms. The van der Waals surface area contributed by atoms with Crippen LogP contribution in [0.15, 0.2) is 0 Å². The Morgan fingerprint density at radius 3 is 1.00 bits per heavy atom. The van der Waals surface area contributed by atoms with Crippen LogP contribution < -0.4 is 0 Å². The summed E-state index contributed by atoms with van der Waals surface area (Å²) in [6, 6.07) is 0. The van der Waals surface area contributed by atoms with Crippen molar-refractivity contribution in [2.24, 2.45) is 0 Å². The van der Waals surface area contributed by atoms with E-state index < -0.39 is 0 Å². The van der Waals surface area contributed by atoms with E-state index in [1.165, 1.54) is 15.8 Å². The van der Waals surface area contributed by atoms with Gasteiger partial charge in [-0.1, -0.05) is 36.6 Å². The molecule has 0 atom stereocenters. The standard InChI is InChI=1S/3C2H5.Al.2ClH/c3*1-2;;;/h3*1H2,2H3;;2*1H. The van der Waals surface area contributed by atoms with Gasteiger partial charge in [-0.05, 0) is 0 Å². The third-order valence-electron chi connectivity index (χ3n) is 1.73. The lowest BCUT2D eigenvalue weighted by Crippen LogP contribution is -2.04. The molecule has 0 amide bonds. The van der Waals surface area contributed by atoms with Gasteiger partial charge in [0.15, 0.2) is 0 Å². The maximum absolute atomic E-state index is 2.32. The molecule has 0 spiro atoms. The Bertz CT molecular complexity index is 32.5. The molecule has 0 radical (unpaired) electrons. The van der Waals surface area contributed by atoms with Crippen LogP contribution in [0.5, 0.6) is 0 Å². The lowest BCUT2D eigenvalue weighted by atomic mass is 10.9. The van der Waals surface area contributed by atoms with E-state index in [2.05, 4.69) is 20.8 Å². The van der Waals surface area contributed by atoms with Crippen LogP contribution in [0.25, 0.3) is 0 Å². The third-order valence-corrected chi connectivity index (χ3v) is 5.20. The van der Waals surface area contributed by atoms with Crippen LogP contribution in [0.2, 0.25) is 15.8 Å². The molecular formula is C6H17AlCl2. The highest BCUT2D eigenvalue weighted by Crippen LogP contribution is 2.01. The molecule has 0 rings (SSSR count). The predicted octanol–water partition coefficient (Wildman–Crippen LogP) is 3.38. The molecule has 0 saturated heterocycles. The Kier molecular flexibility index (Phi) is 21.9. The molecule has 0 heterocycles. The van der Waals surface area contributed by atoms with Gasteiger partial charge in [0.2, 0.25) is 0 Å². The van der Waals surface area contributed by atoms with E-state index in [4.69, 9.17) is 0 Å². The molecule has 0 aromatic rings. The number of halogens is 2. The summed E-state index contributed by atoms with van der Waals surface area (Å²) in [6.45, 7) is 6.97. The first-order valence-electron chi connectivity index (χ1n) is 3.35. The van der Waals surface area contributed by atoms with Crippen LogP contribution in [0, 0.1) is 0 Å². The first-order valence-corrected chi connectivity index (χ1v) is 5.80. The van der Waals surface area contributed by atoms with Gasteiger partial charge in [-0.15, -0.1) is 24.8 Å². The molecule has 0 bridgehead atoms. The summed E-state index contributed by atoms with van der Waals surface area (Å²) >= 11 is -0.171. The summed E-state index contributed by atoms with van der Waals surface area (Å²) in [5.74, 6) is 0. The van der Waals surface area contributed by atoms with Crippen molar-refractivity contribution < 1.29 is 0 Å². The molecule has 3 heteroatoms. The molecule has 58 valence electrons. The molecular weight excluding hydrogens is 170 g/mol. The van der Waals surface area contributed by atoms with Crippen LogP contribution in [-0.2, 0) is 0 Å². The quantitative estimate of drug-likeness (QED) is 0.594. The van der Waals surface area contributed by atoms with Crippen molar-refractivity contribution in [2.75, 3.05) is 0 Å². The molecule has 0 fully saturated rings. The van der Waals surface area contributed by atoms with Gasteiger partial charge in [-0.3, -0.25) is 0 Å². The summed E-state index contributed by atoms with van der Waals surface area (Å²) in [6.07, 6.45) is 0. The predicted molar refractivity (Wildman–Crippen MR) is 51.7 cm³/mol. The maximum Gasteiger partial charge on any atom is 0.261 e. The molecule has 0 N–H and O–H groups in total. The summed E-state index contributed by atoms with van der Waals surface area (Å²) in [5, 5.41) is 4.48. The Morgan fingerprint density at radius 2 is 1.00 bits per heavy atom. The molecule has 0 unspecified atom stereocenters. The van der Waals surface area contributed by atoms with E-state index in [1.807, 2.05) is 0 Å². The van der Waals surface area contributed by atoms with E-state index in [0.717, 1.165) is 0 Å². The van der Waals surface area contributed by atoms with Crippen molar-refractivity contribution in [3.05, 3.63) is 0 Å². The van der Waals surface area contributed by atoms with Gasteiger partial charge in [0.05, 0.1) is 0 Å². The largest absolute Gasteiger partial charge is 0.261 e. The zero-order valence-corrected chi connectivity index (χ0v) is 9.30. The van der Waals surface area contributed by atoms with Crippen molar-refractivity contribution >= 4 is 39.0 Å². The highest BCUT2D eigenvalue weighted by molar-refractivity contribution is 6.58. The summed E-state index contributed by atoms with van der Waals surface area (Å²) in [5.41, 5.74) is 0. The molecule has 0 aliphatic heterocycles. The fourth-order valence-corrected chi connectivity index (χ4v) is 2.60. The summed E-state index contributed by atoms with van der Waals surface area (Å²) in [4.78, 5) is 0. The molecule has 0 aromatic heterocycles. The number of hydrogen-bond acceptors (Lipinski definition) is 0. The molecule has 0 aliphatic rings. The van der Waals surface area contributed by atoms with Crippen LogP contribution in [0.1, 0.15) is 20.8 Å². The van der Waals surface area contributed by atoms with Gasteiger partial charge in [0.1, 0.15) is 0 Å². The molecule has 0 aliphatic carbocycles. The monoisotopic (exact) mass is 186 g/mol. The topological polar surface area (TPSA) is 0 Å². The minimum Gasteiger partial charge on any atom is -0.147 e. The Labute approximate surface area is 75.6 Å². The number of rotatable bonds is 3. The fraction of sp³-hybridized carbons (Fsp3) is 1.00. The first-order chi connectivity index (χ1) is 3.35. The lowest BCUT2D eigenvalue weighted by Gasteiger charge is -1.97. The normalized spacial score (nSPS) is 7.00. The zero-order chi connectivity index (χ0) is 5.70. The Balaban J connectivity index is -0.000000180. The summed E-state index contributed by atoms with van der Waals surface area (Å²) in [7, 11) is 0. The highest BCUT2D eigenvalue weighted by atomic mass is 35.5. The molecule has 0 aromatic carbocycles. The zero-order valence-electron chi connectivity index (χ0n) is 6.52. The van der Waals surface area contributed by atoms with Crippen LogP contribution in [0.3, 0.4) is 0 Å². The van der Waals surface area contributed by atoms with Gasteiger partial charge in [0.25, 0.3) is 14.1 Å². The van der Waals surface area contributed by atoms with Crippen LogP contribution in [-0.4, -0.2) is 14.1 Å². The second-order valence-corrected chi connectivity index (χ2v) is 6.27. The average molecular weight is 187 g/mol. The molecule has 0 nitrogen and oxygen atoms in total. The third kappa shape index (κ3) is 9.11. The van der Waals surface area contributed by atoms with Crippen molar-refractivity contribution in [2.45, 2.75) is 36.6 Å². The highest BCUT2D eigenvalue weighted by Gasteiger charge is 2.05. The van der Waals surface area contributed by atoms with Crippen molar-refractivity contribution in [3.8, 4) is 0 Å². The lowest BCUT2D eigenvalue weighted by molar-refractivity contribution is 1.24. The summed E-state index contributed by atoms with van der Waals surface area (Å²) < 4.78 is 0. The minimum atomic E-state index is -0.171. The van der Waals surface area contributed by atoms with E-state index in [9.17, 15) is 0 Å². The van der Waals surface area contributed by atoms with E-state index in [-0.39, 0.29) is 39.0 Å². The van der Waals surface area contributed by atoms with Gasteiger partial charge >= 0.3 is 0 Å². The Morgan fingerprint density at radius 1 is 0.778 bits per heavy atom. The SMILES string of the molecule is C[CH2][Al]([CH2]C)[CH2]C.Cl.Cl. The van der Waals surface area contributed by atoms with Crippen molar-refractivity contribution in [1.82, 2.24) is 0 Å². The minimum absolute atomic E-state index is 0. The van der Waals surface area contributed by atoms with Crippen molar-refractivity contribution in [1.29, 1.82) is 0 Å². The molecule has 0 saturated carbocycles. The van der Waals surface area contributed by atoms with Crippen molar-refractivity contribution in [3.63, 3.8) is 0 Å². The van der Waals surface area contributed by atoms with E-state index >= 15 is 0 Å². The average Bonchev–Trinajstić information content (AvgIpc) is 1.72. The number of hydrogen-bond donors (Lipinski definition) is 0. The fourth-order valence-electron chi connectivity index (χ4n) is 0.866. The van der Waals surface area contributed by atoms with E-state index in [1.54, 1.807) is 0 Å². The smallest absolute Gasteiger partial charge is 0.147 e. The van der Waals surface area contributed by atoms with Crippen LogP contribution >= 0.6 is 24.8 Å². The van der Waals surface area contributed by atoms with Gasteiger partial charge in [0, 0.05) is 0 Å². The second kappa shape index (κ2) is 11.9. The van der Waals surface area contributed by atoms with Gasteiger partial charge < -0.3 is 0 Å². The Hall–Kier alpha value is 1.11. The van der Waals surface area contributed by atoms with Crippen LogP contribution in [0.4, 0.5) is 0 Å². The maximum atomic E-state index is 2.32. The first kappa shape index (κ1) is 16.6. The van der Waals surface area contributed by atoms with Gasteiger partial charge in [-0.2, -0.15) is 0 Å².